The first-order valence-electron chi connectivity index (χ1n) is 9.82. The first kappa shape index (κ1) is 25.5. The average Bonchev–Trinajstić information content (AvgIpc) is 2.66. The van der Waals surface area contributed by atoms with Crippen LogP contribution < -0.4 is 10.1 Å². The van der Waals surface area contributed by atoms with Crippen molar-refractivity contribution < 1.29 is 14.3 Å². The van der Waals surface area contributed by atoms with Crippen LogP contribution in [0.5, 0.6) is 5.75 Å². The predicted octanol–water partition coefficient (Wildman–Crippen LogP) is 5.78. The Hall–Kier alpha value is -1.76. The van der Waals surface area contributed by atoms with E-state index in [-0.39, 0.29) is 25.0 Å². The smallest absolute Gasteiger partial charge is 0.261 e. The van der Waals surface area contributed by atoms with E-state index in [0.717, 1.165) is 10.0 Å². The summed E-state index contributed by atoms with van der Waals surface area (Å²) in [6.07, 6.45) is 0. The summed E-state index contributed by atoms with van der Waals surface area (Å²) in [4.78, 5) is 27.4. The van der Waals surface area contributed by atoms with Crippen LogP contribution in [0.2, 0.25) is 10.0 Å². The van der Waals surface area contributed by atoms with Gasteiger partial charge in [-0.2, -0.15) is 0 Å². The van der Waals surface area contributed by atoms with E-state index in [4.69, 9.17) is 27.9 Å². The van der Waals surface area contributed by atoms with E-state index in [1.165, 1.54) is 4.90 Å². The lowest BCUT2D eigenvalue weighted by molar-refractivity contribution is -0.142. The van der Waals surface area contributed by atoms with Gasteiger partial charge in [0.05, 0.1) is 0 Å². The SMILES string of the molecule is Cc1cc(OCC(=O)N(Cc2ccc(Cl)cc2Cl)[C@@H](C)C(=O)NC(C)(C)C)ccc1Br. The van der Waals surface area contributed by atoms with Crippen molar-refractivity contribution in [2.45, 2.75) is 52.7 Å². The number of amides is 2. The standard InChI is InChI=1S/C23H27BrCl2N2O3/c1-14-10-18(8-9-19(14)24)31-13-21(29)28(15(2)22(30)27-23(3,4)5)12-16-6-7-17(25)11-20(16)26/h6-11,15H,12-13H2,1-5H3,(H,27,30)/t15-/m0/s1. The molecule has 0 fully saturated rings. The van der Waals surface area contributed by atoms with Gasteiger partial charge < -0.3 is 15.0 Å². The van der Waals surface area contributed by atoms with Crippen LogP contribution in [0, 0.1) is 6.92 Å². The first-order chi connectivity index (χ1) is 14.4. The number of ether oxygens (including phenoxy) is 1. The fourth-order valence-corrected chi connectivity index (χ4v) is 3.54. The van der Waals surface area contributed by atoms with Crippen LogP contribution in [0.1, 0.15) is 38.8 Å². The molecule has 31 heavy (non-hydrogen) atoms. The molecule has 1 atom stereocenters. The number of aryl methyl sites for hydroxylation is 1. The van der Waals surface area contributed by atoms with Crippen LogP contribution in [-0.4, -0.2) is 34.9 Å². The van der Waals surface area contributed by atoms with Crippen LogP contribution in [0.15, 0.2) is 40.9 Å². The minimum Gasteiger partial charge on any atom is -0.484 e. The van der Waals surface area contributed by atoms with Crippen LogP contribution in [-0.2, 0) is 16.1 Å². The monoisotopic (exact) mass is 528 g/mol. The molecule has 2 aromatic carbocycles. The first-order valence-corrected chi connectivity index (χ1v) is 11.4. The summed E-state index contributed by atoms with van der Waals surface area (Å²) in [6.45, 7) is 9.23. The Labute approximate surface area is 202 Å². The molecule has 1 N–H and O–H groups in total. The highest BCUT2D eigenvalue weighted by molar-refractivity contribution is 9.10. The lowest BCUT2D eigenvalue weighted by Gasteiger charge is -2.31. The predicted molar refractivity (Wildman–Crippen MR) is 129 cm³/mol. The molecule has 0 aliphatic carbocycles. The zero-order valence-electron chi connectivity index (χ0n) is 18.3. The molecule has 0 unspecified atom stereocenters. The highest BCUT2D eigenvalue weighted by atomic mass is 79.9. The second-order valence-electron chi connectivity index (χ2n) is 8.37. The summed E-state index contributed by atoms with van der Waals surface area (Å²) in [5.41, 5.74) is 1.26. The minimum absolute atomic E-state index is 0.149. The van der Waals surface area contributed by atoms with Crippen LogP contribution >= 0.6 is 39.1 Å². The molecular weight excluding hydrogens is 503 g/mol. The lowest BCUT2D eigenvalue weighted by atomic mass is 10.1. The maximum atomic E-state index is 13.1. The third-order valence-electron chi connectivity index (χ3n) is 4.51. The molecule has 2 rings (SSSR count). The van der Waals surface area contributed by atoms with Crippen LogP contribution in [0.25, 0.3) is 0 Å². The van der Waals surface area contributed by atoms with Gasteiger partial charge in [0, 0.05) is 26.6 Å². The number of carbonyl (C=O) groups is 2. The van der Waals surface area contributed by atoms with Crippen LogP contribution in [0.4, 0.5) is 0 Å². The summed E-state index contributed by atoms with van der Waals surface area (Å²) in [6, 6.07) is 9.81. The van der Waals surface area contributed by atoms with Crippen molar-refractivity contribution in [2.24, 2.45) is 0 Å². The van der Waals surface area contributed by atoms with Gasteiger partial charge in [-0.3, -0.25) is 9.59 Å². The molecule has 8 heteroatoms. The summed E-state index contributed by atoms with van der Waals surface area (Å²) >= 11 is 15.7. The third kappa shape index (κ3) is 7.70. The van der Waals surface area contributed by atoms with Crippen molar-refractivity contribution >= 4 is 50.9 Å². The highest BCUT2D eigenvalue weighted by Gasteiger charge is 2.29. The number of nitrogens with zero attached hydrogens (tertiary/aromatic N) is 1. The Kier molecular flexibility index (Phi) is 8.81. The molecule has 2 aromatic rings. The Morgan fingerprint density at radius 1 is 1.16 bits per heavy atom. The van der Waals surface area contributed by atoms with Crippen molar-refractivity contribution in [3.63, 3.8) is 0 Å². The largest absolute Gasteiger partial charge is 0.484 e. The Morgan fingerprint density at radius 2 is 1.84 bits per heavy atom. The number of halogens is 3. The van der Waals surface area contributed by atoms with Gasteiger partial charge in [0.15, 0.2) is 6.61 Å². The van der Waals surface area contributed by atoms with Crippen molar-refractivity contribution in [3.05, 3.63) is 62.0 Å². The second kappa shape index (κ2) is 10.7. The number of benzene rings is 2. The maximum absolute atomic E-state index is 13.1. The topological polar surface area (TPSA) is 58.6 Å². The third-order valence-corrected chi connectivity index (χ3v) is 5.99. The lowest BCUT2D eigenvalue weighted by Crippen LogP contribution is -2.53. The van der Waals surface area contributed by atoms with Gasteiger partial charge in [-0.25, -0.2) is 0 Å². The quantitative estimate of drug-likeness (QED) is 0.495. The molecule has 5 nitrogen and oxygen atoms in total. The summed E-state index contributed by atoms with van der Waals surface area (Å²) in [5, 5.41) is 3.85. The van der Waals surface area contributed by atoms with Crippen molar-refractivity contribution in [1.82, 2.24) is 10.2 Å². The fraction of sp³-hybridized carbons (Fsp3) is 0.391. The molecule has 0 saturated carbocycles. The molecule has 0 heterocycles. The number of rotatable bonds is 7. The molecule has 168 valence electrons. The van der Waals surface area contributed by atoms with Gasteiger partial charge in [0.25, 0.3) is 5.91 Å². The van der Waals surface area contributed by atoms with Crippen molar-refractivity contribution in [2.75, 3.05) is 6.61 Å². The van der Waals surface area contributed by atoms with E-state index in [1.54, 1.807) is 31.2 Å². The van der Waals surface area contributed by atoms with E-state index < -0.39 is 11.6 Å². The number of hydrogen-bond acceptors (Lipinski definition) is 3. The molecule has 0 spiro atoms. The van der Waals surface area contributed by atoms with E-state index in [9.17, 15) is 9.59 Å². The molecule has 2 amide bonds. The average molecular weight is 530 g/mol. The second-order valence-corrected chi connectivity index (χ2v) is 10.1. The van der Waals surface area contributed by atoms with Gasteiger partial charge in [0.1, 0.15) is 11.8 Å². The van der Waals surface area contributed by atoms with E-state index in [0.29, 0.717) is 21.4 Å². The molecule has 0 aliphatic rings. The van der Waals surface area contributed by atoms with Crippen molar-refractivity contribution in [3.8, 4) is 5.75 Å². The Morgan fingerprint density at radius 3 is 2.42 bits per heavy atom. The highest BCUT2D eigenvalue weighted by Crippen LogP contribution is 2.24. The molecule has 0 aromatic heterocycles. The molecular formula is C23H27BrCl2N2O3. The molecule has 0 bridgehead atoms. The number of hydrogen-bond donors (Lipinski definition) is 1. The number of nitrogens with one attached hydrogen (secondary N) is 1. The van der Waals surface area contributed by atoms with Crippen LogP contribution in [0.3, 0.4) is 0 Å². The van der Waals surface area contributed by atoms with Gasteiger partial charge >= 0.3 is 0 Å². The van der Waals surface area contributed by atoms with Crippen molar-refractivity contribution in [1.29, 1.82) is 0 Å². The summed E-state index contributed by atoms with van der Waals surface area (Å²) < 4.78 is 6.66. The molecule has 0 aliphatic heterocycles. The Balaban J connectivity index is 2.23. The van der Waals surface area contributed by atoms with Gasteiger partial charge in [-0.05, 0) is 76.1 Å². The number of carbonyl (C=O) groups excluding carboxylic acids is 2. The Bertz CT molecular complexity index is 960. The van der Waals surface area contributed by atoms with Gasteiger partial charge in [-0.15, -0.1) is 0 Å². The van der Waals surface area contributed by atoms with E-state index in [1.807, 2.05) is 39.8 Å². The maximum Gasteiger partial charge on any atom is 0.261 e. The van der Waals surface area contributed by atoms with E-state index >= 15 is 0 Å². The van der Waals surface area contributed by atoms with Gasteiger partial charge in [0.2, 0.25) is 5.91 Å². The fourth-order valence-electron chi connectivity index (χ4n) is 2.83. The summed E-state index contributed by atoms with van der Waals surface area (Å²) in [7, 11) is 0. The minimum atomic E-state index is -0.728. The molecule has 0 radical (unpaired) electrons. The zero-order chi connectivity index (χ0) is 23.3. The normalized spacial score (nSPS) is 12.3. The van der Waals surface area contributed by atoms with E-state index in [2.05, 4.69) is 21.2 Å². The zero-order valence-corrected chi connectivity index (χ0v) is 21.4. The molecule has 0 saturated heterocycles. The van der Waals surface area contributed by atoms with Gasteiger partial charge in [-0.1, -0.05) is 45.2 Å². The summed E-state index contributed by atoms with van der Waals surface area (Å²) in [5.74, 6) is -0.0149.